The minimum absolute atomic E-state index is 0.836. The van der Waals surface area contributed by atoms with Crippen LogP contribution in [-0.2, 0) is 0 Å². The number of fused-ring (bicyclic) bond motifs is 1. The first-order chi connectivity index (χ1) is 14.4. The molecule has 0 atom stereocenters. The smallest absolute Gasteiger partial charge is 0.127 e. The second-order valence-corrected chi connectivity index (χ2v) is 7.01. The van der Waals surface area contributed by atoms with Crippen LogP contribution >= 0.6 is 0 Å². The molecule has 0 N–H and O–H groups in total. The molecule has 0 amide bonds. The summed E-state index contributed by atoms with van der Waals surface area (Å²) in [5.74, 6) is 1.68. The first-order valence-electron chi connectivity index (χ1n) is 9.79. The van der Waals surface area contributed by atoms with Gasteiger partial charge in [-0.25, -0.2) is 0 Å². The Morgan fingerprint density at radius 2 is 0.966 bits per heavy atom. The molecule has 0 bridgehead atoms. The molecular formula is C28H20O. The van der Waals surface area contributed by atoms with Crippen molar-refractivity contribution in [3.63, 3.8) is 0 Å². The highest BCUT2D eigenvalue weighted by atomic mass is 16.5. The second-order valence-electron chi connectivity index (χ2n) is 7.01. The van der Waals surface area contributed by atoms with E-state index >= 15 is 0 Å². The number of ether oxygens (including phenoxy) is 1. The fourth-order valence-corrected chi connectivity index (χ4v) is 3.76. The number of rotatable bonds is 4. The molecular weight excluding hydrogens is 352 g/mol. The van der Waals surface area contributed by atoms with Crippen LogP contribution in [0, 0.1) is 0 Å². The molecule has 29 heavy (non-hydrogen) atoms. The van der Waals surface area contributed by atoms with Crippen molar-refractivity contribution in [3.05, 3.63) is 121 Å². The molecule has 0 aliphatic rings. The average Bonchev–Trinajstić information content (AvgIpc) is 2.80. The Kier molecular flexibility index (Phi) is 4.56. The second kappa shape index (κ2) is 7.65. The summed E-state index contributed by atoms with van der Waals surface area (Å²) in [6.45, 7) is 0. The zero-order valence-corrected chi connectivity index (χ0v) is 16.0. The Morgan fingerprint density at radius 3 is 1.79 bits per heavy atom. The highest BCUT2D eigenvalue weighted by molar-refractivity contribution is 6.00. The molecule has 0 radical (unpaired) electrons. The lowest BCUT2D eigenvalue weighted by atomic mass is 9.91. The van der Waals surface area contributed by atoms with Gasteiger partial charge in [0.2, 0.25) is 0 Å². The van der Waals surface area contributed by atoms with E-state index in [2.05, 4.69) is 78.9 Å². The number of hydrogen-bond donors (Lipinski definition) is 0. The van der Waals surface area contributed by atoms with E-state index < -0.39 is 0 Å². The van der Waals surface area contributed by atoms with E-state index in [-0.39, 0.29) is 0 Å². The van der Waals surface area contributed by atoms with Crippen molar-refractivity contribution in [2.45, 2.75) is 0 Å². The van der Waals surface area contributed by atoms with E-state index in [0.29, 0.717) is 0 Å². The quantitative estimate of drug-likeness (QED) is 0.311. The highest BCUT2D eigenvalue weighted by Gasteiger charge is 2.10. The van der Waals surface area contributed by atoms with Gasteiger partial charge in [-0.3, -0.25) is 0 Å². The van der Waals surface area contributed by atoms with Crippen LogP contribution < -0.4 is 4.74 Å². The lowest BCUT2D eigenvalue weighted by Crippen LogP contribution is -1.88. The molecule has 5 rings (SSSR count). The predicted octanol–water partition coefficient (Wildman–Crippen LogP) is 7.97. The summed E-state index contributed by atoms with van der Waals surface area (Å²) < 4.78 is 5.94. The Hall–Kier alpha value is -3.84. The van der Waals surface area contributed by atoms with Crippen molar-refractivity contribution in [1.82, 2.24) is 0 Å². The first-order valence-corrected chi connectivity index (χ1v) is 9.79. The van der Waals surface area contributed by atoms with Crippen LogP contribution in [0.4, 0.5) is 0 Å². The summed E-state index contributed by atoms with van der Waals surface area (Å²) in [5.41, 5.74) is 4.88. The molecule has 0 saturated heterocycles. The zero-order chi connectivity index (χ0) is 19.5. The molecule has 0 saturated carbocycles. The SMILES string of the molecule is c1ccc(Oc2ccc(-c3ccccc3-c3cccc4ccccc34)cc2)cc1. The Labute approximate surface area is 170 Å². The maximum absolute atomic E-state index is 5.94. The van der Waals surface area contributed by atoms with Gasteiger partial charge in [0.05, 0.1) is 0 Å². The lowest BCUT2D eigenvalue weighted by Gasteiger charge is -2.13. The van der Waals surface area contributed by atoms with Crippen LogP contribution in [0.3, 0.4) is 0 Å². The standard InChI is InChI=1S/C28H20O/c1-2-11-23(12-3-1)29-24-19-17-22(18-20-24)26-14-6-7-15-27(26)28-16-8-10-21-9-4-5-13-25(21)28/h1-20H. The van der Waals surface area contributed by atoms with Gasteiger partial charge in [-0.15, -0.1) is 0 Å². The summed E-state index contributed by atoms with van der Waals surface area (Å²) in [6.07, 6.45) is 0. The van der Waals surface area contributed by atoms with Gasteiger partial charge in [0.15, 0.2) is 0 Å². The van der Waals surface area contributed by atoms with Crippen molar-refractivity contribution in [2.24, 2.45) is 0 Å². The van der Waals surface area contributed by atoms with E-state index in [1.807, 2.05) is 42.5 Å². The van der Waals surface area contributed by atoms with Gasteiger partial charge in [-0.1, -0.05) is 97.1 Å². The van der Waals surface area contributed by atoms with Gasteiger partial charge in [0.1, 0.15) is 11.5 Å². The van der Waals surface area contributed by atoms with E-state index in [4.69, 9.17) is 4.74 Å². The van der Waals surface area contributed by atoms with Gasteiger partial charge in [0.25, 0.3) is 0 Å². The van der Waals surface area contributed by atoms with Gasteiger partial charge >= 0.3 is 0 Å². The molecule has 5 aromatic carbocycles. The molecule has 1 heteroatoms. The van der Waals surface area contributed by atoms with Crippen molar-refractivity contribution in [1.29, 1.82) is 0 Å². The molecule has 0 aromatic heterocycles. The molecule has 0 fully saturated rings. The molecule has 0 heterocycles. The lowest BCUT2D eigenvalue weighted by molar-refractivity contribution is 0.483. The number of hydrogen-bond acceptors (Lipinski definition) is 1. The third kappa shape index (κ3) is 3.51. The Bertz CT molecular complexity index is 1250. The van der Waals surface area contributed by atoms with Crippen molar-refractivity contribution in [3.8, 4) is 33.8 Å². The molecule has 1 nitrogen and oxygen atoms in total. The zero-order valence-electron chi connectivity index (χ0n) is 16.0. The van der Waals surface area contributed by atoms with Crippen LogP contribution in [0.2, 0.25) is 0 Å². The minimum Gasteiger partial charge on any atom is -0.457 e. The number of para-hydroxylation sites is 1. The fourth-order valence-electron chi connectivity index (χ4n) is 3.76. The van der Waals surface area contributed by atoms with Crippen LogP contribution in [-0.4, -0.2) is 0 Å². The topological polar surface area (TPSA) is 9.23 Å². The predicted molar refractivity (Wildman–Crippen MR) is 121 cm³/mol. The van der Waals surface area contributed by atoms with Crippen LogP contribution in [0.5, 0.6) is 11.5 Å². The van der Waals surface area contributed by atoms with E-state index in [1.165, 1.54) is 33.0 Å². The van der Waals surface area contributed by atoms with Gasteiger partial charge in [-0.2, -0.15) is 0 Å². The summed E-state index contributed by atoms with van der Waals surface area (Å²) in [5, 5.41) is 2.53. The fraction of sp³-hybridized carbons (Fsp3) is 0. The summed E-state index contributed by atoms with van der Waals surface area (Å²) in [7, 11) is 0. The highest BCUT2D eigenvalue weighted by Crippen LogP contribution is 2.36. The summed E-state index contributed by atoms with van der Waals surface area (Å²) in [6, 6.07) is 41.8. The van der Waals surface area contributed by atoms with Crippen molar-refractivity contribution >= 4 is 10.8 Å². The van der Waals surface area contributed by atoms with Crippen LogP contribution in [0.1, 0.15) is 0 Å². The maximum Gasteiger partial charge on any atom is 0.127 e. The minimum atomic E-state index is 0.836. The normalized spacial score (nSPS) is 10.8. The Balaban J connectivity index is 1.54. The Morgan fingerprint density at radius 1 is 0.379 bits per heavy atom. The van der Waals surface area contributed by atoms with E-state index in [9.17, 15) is 0 Å². The summed E-state index contributed by atoms with van der Waals surface area (Å²) >= 11 is 0. The molecule has 0 aliphatic heterocycles. The third-order valence-corrected chi connectivity index (χ3v) is 5.15. The monoisotopic (exact) mass is 372 g/mol. The summed E-state index contributed by atoms with van der Waals surface area (Å²) in [4.78, 5) is 0. The first kappa shape index (κ1) is 17.3. The number of benzene rings is 5. The molecule has 5 aromatic rings. The largest absolute Gasteiger partial charge is 0.457 e. The molecule has 0 spiro atoms. The van der Waals surface area contributed by atoms with E-state index in [0.717, 1.165) is 11.5 Å². The van der Waals surface area contributed by atoms with Gasteiger partial charge in [-0.05, 0) is 57.3 Å². The molecule has 0 unspecified atom stereocenters. The average molecular weight is 372 g/mol. The van der Waals surface area contributed by atoms with E-state index in [1.54, 1.807) is 0 Å². The van der Waals surface area contributed by atoms with Crippen LogP contribution in [0.25, 0.3) is 33.0 Å². The maximum atomic E-state index is 5.94. The van der Waals surface area contributed by atoms with Crippen molar-refractivity contribution in [2.75, 3.05) is 0 Å². The van der Waals surface area contributed by atoms with Gasteiger partial charge < -0.3 is 4.74 Å². The molecule has 0 aliphatic carbocycles. The molecule has 138 valence electrons. The third-order valence-electron chi connectivity index (χ3n) is 5.15. The van der Waals surface area contributed by atoms with Crippen molar-refractivity contribution < 1.29 is 4.74 Å². The van der Waals surface area contributed by atoms with Crippen LogP contribution in [0.15, 0.2) is 121 Å². The van der Waals surface area contributed by atoms with Gasteiger partial charge in [0, 0.05) is 0 Å².